The number of hydrazine groups is 1. The molecule has 2 aromatic carbocycles. The fourth-order valence-electron chi connectivity index (χ4n) is 5.47. The van der Waals surface area contributed by atoms with Crippen molar-refractivity contribution in [2.24, 2.45) is 0 Å². The Bertz CT molecular complexity index is 1530. The molecule has 5 nitrogen and oxygen atoms in total. The van der Waals surface area contributed by atoms with E-state index in [1.165, 1.54) is 11.1 Å². The quantitative estimate of drug-likeness (QED) is 0.185. The lowest BCUT2D eigenvalue weighted by Gasteiger charge is -2.39. The Morgan fingerprint density at radius 1 is 0.591 bits per heavy atom. The van der Waals surface area contributed by atoms with E-state index < -0.39 is 0 Å². The third-order valence-corrected chi connectivity index (χ3v) is 8.13. The second-order valence-electron chi connectivity index (χ2n) is 12.9. The van der Waals surface area contributed by atoms with E-state index in [9.17, 15) is 0 Å². The smallest absolute Gasteiger partial charge is 0.152 e. The van der Waals surface area contributed by atoms with Crippen LogP contribution in [0.2, 0.25) is 0 Å². The molecule has 0 radical (unpaired) electrons. The fourth-order valence-corrected chi connectivity index (χ4v) is 5.47. The van der Waals surface area contributed by atoms with Crippen molar-refractivity contribution in [1.82, 2.24) is 15.0 Å². The summed E-state index contributed by atoms with van der Waals surface area (Å²) < 4.78 is 0. The van der Waals surface area contributed by atoms with Crippen LogP contribution in [0.1, 0.15) is 102 Å². The number of nitrogens with zero attached hydrogens (tertiary/aromatic N) is 5. The Morgan fingerprint density at radius 3 is 1.70 bits per heavy atom. The third kappa shape index (κ3) is 6.88. The van der Waals surface area contributed by atoms with E-state index in [0.717, 1.165) is 40.1 Å². The van der Waals surface area contributed by atoms with E-state index in [2.05, 4.69) is 174 Å². The van der Waals surface area contributed by atoms with Crippen LogP contribution in [0.15, 0.2) is 109 Å². The van der Waals surface area contributed by atoms with Crippen LogP contribution in [-0.2, 0) is 0 Å². The molecular formula is C39H47N5. The minimum absolute atomic E-state index is 0.328. The van der Waals surface area contributed by atoms with Crippen molar-refractivity contribution >= 4 is 23.0 Å². The predicted molar refractivity (Wildman–Crippen MR) is 186 cm³/mol. The van der Waals surface area contributed by atoms with Crippen LogP contribution in [0.3, 0.4) is 0 Å². The Hall–Kier alpha value is -4.38. The Balaban J connectivity index is 1.61. The predicted octanol–water partition coefficient (Wildman–Crippen LogP) is 10.6. The van der Waals surface area contributed by atoms with Gasteiger partial charge in [-0.25, -0.2) is 15.0 Å². The minimum atomic E-state index is 0.328. The van der Waals surface area contributed by atoms with Crippen molar-refractivity contribution in [3.63, 3.8) is 0 Å². The number of benzene rings is 2. The monoisotopic (exact) mass is 585 g/mol. The average molecular weight is 586 g/mol. The van der Waals surface area contributed by atoms with Gasteiger partial charge in [0, 0.05) is 29.0 Å². The first-order chi connectivity index (χ1) is 21.1. The highest BCUT2D eigenvalue weighted by Crippen LogP contribution is 2.36. The molecule has 3 heterocycles. The van der Waals surface area contributed by atoms with Gasteiger partial charge in [0.05, 0.1) is 12.2 Å². The van der Waals surface area contributed by atoms with Gasteiger partial charge in [0.2, 0.25) is 0 Å². The summed E-state index contributed by atoms with van der Waals surface area (Å²) in [6, 6.07) is 30.4. The van der Waals surface area contributed by atoms with Crippen molar-refractivity contribution in [2.45, 2.75) is 79.1 Å². The Kier molecular flexibility index (Phi) is 9.53. The second-order valence-corrected chi connectivity index (χ2v) is 12.9. The SMILES string of the molecule is CC(C)c1cccc(N(C2=CC=CN(N(c3cccc(C(C)C)c3)c3cccc(C(C)C)n3)C2)c2cccc(C(C)C)n2)c1. The molecule has 2 aromatic heterocycles. The topological polar surface area (TPSA) is 35.5 Å². The van der Waals surface area contributed by atoms with Gasteiger partial charge in [0.1, 0.15) is 5.82 Å². The van der Waals surface area contributed by atoms with Gasteiger partial charge in [-0.3, -0.25) is 9.91 Å². The first kappa shape index (κ1) is 31.1. The van der Waals surface area contributed by atoms with Gasteiger partial charge in [0.25, 0.3) is 0 Å². The summed E-state index contributed by atoms with van der Waals surface area (Å²) in [7, 11) is 0. The second kappa shape index (κ2) is 13.5. The largest absolute Gasteiger partial charge is 0.297 e. The van der Waals surface area contributed by atoms with Crippen molar-refractivity contribution in [2.75, 3.05) is 16.5 Å². The highest BCUT2D eigenvalue weighted by molar-refractivity contribution is 5.68. The summed E-state index contributed by atoms with van der Waals surface area (Å²) in [5.74, 6) is 3.32. The summed E-state index contributed by atoms with van der Waals surface area (Å²) in [5, 5.41) is 4.52. The molecule has 5 rings (SSSR count). The van der Waals surface area contributed by atoms with Gasteiger partial charge in [-0.15, -0.1) is 0 Å². The molecular weight excluding hydrogens is 538 g/mol. The molecule has 5 heteroatoms. The van der Waals surface area contributed by atoms with Gasteiger partial charge in [-0.05, 0) is 95.5 Å². The van der Waals surface area contributed by atoms with Crippen LogP contribution in [0.4, 0.5) is 23.0 Å². The number of hydrogen-bond donors (Lipinski definition) is 0. The molecule has 0 saturated carbocycles. The molecule has 0 atom stereocenters. The molecule has 44 heavy (non-hydrogen) atoms. The van der Waals surface area contributed by atoms with E-state index in [1.807, 2.05) is 0 Å². The summed E-state index contributed by atoms with van der Waals surface area (Å²) in [4.78, 5) is 12.6. The summed E-state index contributed by atoms with van der Waals surface area (Å²) >= 11 is 0. The number of allylic oxidation sites excluding steroid dienone is 2. The van der Waals surface area contributed by atoms with E-state index in [1.54, 1.807) is 0 Å². The van der Waals surface area contributed by atoms with Crippen LogP contribution < -0.4 is 9.91 Å². The molecule has 0 unspecified atom stereocenters. The maximum atomic E-state index is 5.16. The van der Waals surface area contributed by atoms with E-state index >= 15 is 0 Å². The van der Waals surface area contributed by atoms with Crippen LogP contribution in [0.25, 0.3) is 0 Å². The normalized spacial score (nSPS) is 13.3. The van der Waals surface area contributed by atoms with Crippen LogP contribution in [0, 0.1) is 0 Å². The van der Waals surface area contributed by atoms with Crippen molar-refractivity contribution in [3.8, 4) is 0 Å². The minimum Gasteiger partial charge on any atom is -0.297 e. The van der Waals surface area contributed by atoms with E-state index in [4.69, 9.17) is 9.97 Å². The number of hydrogen-bond acceptors (Lipinski definition) is 5. The number of aromatic nitrogens is 2. The zero-order valence-corrected chi connectivity index (χ0v) is 27.6. The summed E-state index contributed by atoms with van der Waals surface area (Å²) in [5.41, 5.74) is 8.09. The van der Waals surface area contributed by atoms with E-state index in [0.29, 0.717) is 30.2 Å². The lowest BCUT2D eigenvalue weighted by atomic mass is 10.0. The molecule has 4 aromatic rings. The average Bonchev–Trinajstić information content (AvgIpc) is 3.02. The highest BCUT2D eigenvalue weighted by atomic mass is 15.6. The third-order valence-electron chi connectivity index (χ3n) is 8.13. The molecule has 1 aliphatic rings. The molecule has 0 amide bonds. The first-order valence-electron chi connectivity index (χ1n) is 16.0. The maximum Gasteiger partial charge on any atom is 0.152 e. The molecule has 0 saturated heterocycles. The van der Waals surface area contributed by atoms with Gasteiger partial charge in [-0.1, -0.05) is 91.8 Å². The zero-order chi connectivity index (χ0) is 31.4. The summed E-state index contributed by atoms with van der Waals surface area (Å²) in [6.07, 6.45) is 6.49. The lowest BCUT2D eigenvalue weighted by molar-refractivity contribution is 0.404. The maximum absolute atomic E-state index is 5.16. The standard InChI is InChI=1S/C39H47N5/c1-27(2)31-14-9-16-33(24-31)43(38-21-11-19-36(40-38)29(5)6)35-18-13-23-42(26-35)44(34-17-10-15-32(25-34)28(3)4)39-22-12-20-37(41-39)30(7)8/h9-25,27-30H,26H2,1-8H3. The van der Waals surface area contributed by atoms with Crippen LogP contribution >= 0.6 is 0 Å². The number of anilines is 4. The molecule has 1 aliphatic heterocycles. The highest BCUT2D eigenvalue weighted by Gasteiger charge is 2.26. The zero-order valence-electron chi connectivity index (χ0n) is 27.6. The molecule has 0 spiro atoms. The first-order valence-corrected chi connectivity index (χ1v) is 16.0. The Labute approximate surface area is 264 Å². The number of pyridine rings is 2. The van der Waals surface area contributed by atoms with Crippen molar-refractivity contribution < 1.29 is 0 Å². The van der Waals surface area contributed by atoms with E-state index in [-0.39, 0.29) is 0 Å². The molecule has 0 N–H and O–H groups in total. The summed E-state index contributed by atoms with van der Waals surface area (Å²) in [6.45, 7) is 18.4. The van der Waals surface area contributed by atoms with Crippen molar-refractivity contribution in [3.05, 3.63) is 131 Å². The van der Waals surface area contributed by atoms with Crippen molar-refractivity contribution in [1.29, 1.82) is 0 Å². The molecule has 228 valence electrons. The number of rotatable bonds is 10. The molecule has 0 fully saturated rings. The molecule has 0 aliphatic carbocycles. The fraction of sp³-hybridized carbons (Fsp3) is 0.333. The van der Waals surface area contributed by atoms with Crippen LogP contribution in [-0.4, -0.2) is 21.5 Å². The van der Waals surface area contributed by atoms with Gasteiger partial charge in [-0.2, -0.15) is 0 Å². The van der Waals surface area contributed by atoms with Gasteiger partial charge < -0.3 is 0 Å². The molecule has 0 bridgehead atoms. The Morgan fingerprint density at radius 2 is 1.11 bits per heavy atom. The lowest BCUT2D eigenvalue weighted by Crippen LogP contribution is -2.41. The van der Waals surface area contributed by atoms with Gasteiger partial charge in [0.15, 0.2) is 5.82 Å². The van der Waals surface area contributed by atoms with Crippen LogP contribution in [0.5, 0.6) is 0 Å². The van der Waals surface area contributed by atoms with Gasteiger partial charge >= 0.3 is 0 Å².